The van der Waals surface area contributed by atoms with Crippen LogP contribution in [0.25, 0.3) is 0 Å². The molecule has 0 unspecified atom stereocenters. The first kappa shape index (κ1) is 24.5. The summed E-state index contributed by atoms with van der Waals surface area (Å²) >= 11 is 0. The zero-order valence-electron chi connectivity index (χ0n) is 11.4. The molecule has 0 rings (SSSR count). The first-order valence-electron chi connectivity index (χ1n) is 5.90. The monoisotopic (exact) mass is 332 g/mol. The lowest BCUT2D eigenvalue weighted by molar-refractivity contribution is -0.372. The molecule has 0 saturated heterocycles. The number of aliphatic hydroxyl groups excluding tert-OH is 2. The van der Waals surface area contributed by atoms with E-state index in [2.05, 4.69) is 11.5 Å². The Morgan fingerprint density at radius 3 is 1.25 bits per heavy atom. The maximum Gasteiger partial charge on any atom is 0.0974 e. The Bertz CT molecular complexity index is 196. The minimum Gasteiger partial charge on any atom is -0.550 e. The van der Waals surface area contributed by atoms with Crippen LogP contribution in [0.4, 0.5) is 0 Å². The number of carboxylic acids is 2. The first-order valence-corrected chi connectivity index (χ1v) is 8.39. The van der Waals surface area contributed by atoms with Crippen LogP contribution in [0, 0.1) is 0 Å². The van der Waals surface area contributed by atoms with Crippen molar-refractivity contribution in [2.24, 2.45) is 0 Å². The van der Waals surface area contributed by atoms with E-state index in [0.717, 1.165) is 0 Å². The highest BCUT2D eigenvalue weighted by molar-refractivity contribution is 8.76. The van der Waals surface area contributed by atoms with Crippen LogP contribution < -0.4 is 21.7 Å². The lowest BCUT2D eigenvalue weighted by atomic mass is 10.5. The fourth-order valence-electron chi connectivity index (χ4n) is 0.368. The molecule has 0 aromatic rings. The summed E-state index contributed by atoms with van der Waals surface area (Å²) < 4.78 is 0. The Morgan fingerprint density at radius 1 is 0.850 bits per heavy atom. The summed E-state index contributed by atoms with van der Waals surface area (Å²) in [6, 6.07) is 0. The smallest absolute Gasteiger partial charge is 0.0974 e. The van der Waals surface area contributed by atoms with Gasteiger partial charge in [0.05, 0.1) is 26.3 Å². The fourth-order valence-corrected chi connectivity index (χ4v) is 2.31. The highest BCUT2D eigenvalue weighted by atomic mass is 33.1. The lowest BCUT2D eigenvalue weighted by Crippen LogP contribution is -2.51. The van der Waals surface area contributed by atoms with E-state index in [1.807, 2.05) is 0 Å². The summed E-state index contributed by atoms with van der Waals surface area (Å²) in [7, 11) is 2.66. The Kier molecular flexibility index (Phi) is 28.9. The molecular formula is C10H24N2O6S2. The Balaban J connectivity index is -0.000000297. The zero-order valence-corrected chi connectivity index (χ0v) is 13.0. The number of aliphatic carboxylic acids is 2. The van der Waals surface area contributed by atoms with Crippen LogP contribution in [-0.2, 0) is 9.59 Å². The van der Waals surface area contributed by atoms with Gasteiger partial charge in [0.25, 0.3) is 0 Å². The van der Waals surface area contributed by atoms with E-state index in [1.54, 1.807) is 0 Å². The molecule has 8 nitrogen and oxygen atoms in total. The van der Waals surface area contributed by atoms with E-state index in [4.69, 9.17) is 10.2 Å². The van der Waals surface area contributed by atoms with Crippen LogP contribution in [0.2, 0.25) is 0 Å². The molecule has 0 aliphatic rings. The number of aliphatic hydroxyl groups is 2. The molecule has 0 bridgehead atoms. The van der Waals surface area contributed by atoms with Gasteiger partial charge in [-0.25, -0.2) is 0 Å². The van der Waals surface area contributed by atoms with Gasteiger partial charge in [0, 0.05) is 23.4 Å². The standard InChI is InChI=1S/C6H10O4S2.2C2H7NO/c7-5(8)1-3-11-12-4-2-6(9)10;2*3-1-2-4/h1-4H2,(H,7,8)(H,9,10);2*4H,1-3H2. The van der Waals surface area contributed by atoms with Crippen molar-refractivity contribution in [3.63, 3.8) is 0 Å². The average molecular weight is 332 g/mol. The summed E-state index contributed by atoms with van der Waals surface area (Å²) in [6.45, 7) is 1.67. The van der Waals surface area contributed by atoms with Crippen molar-refractivity contribution in [3.05, 3.63) is 0 Å². The van der Waals surface area contributed by atoms with Gasteiger partial charge in [-0.05, 0) is 12.8 Å². The minimum atomic E-state index is -1.08. The Labute approximate surface area is 126 Å². The van der Waals surface area contributed by atoms with Crippen LogP contribution in [0.15, 0.2) is 0 Å². The predicted molar refractivity (Wildman–Crippen MR) is 73.8 cm³/mol. The van der Waals surface area contributed by atoms with E-state index in [9.17, 15) is 19.8 Å². The number of hydrogen-bond donors (Lipinski definition) is 4. The maximum absolute atomic E-state index is 9.90. The molecule has 0 aromatic carbocycles. The highest BCUT2D eigenvalue weighted by Gasteiger charge is 1.91. The summed E-state index contributed by atoms with van der Waals surface area (Å²) in [5, 5.41) is 35.4. The van der Waals surface area contributed by atoms with Gasteiger partial charge < -0.3 is 41.5 Å². The van der Waals surface area contributed by atoms with Crippen LogP contribution in [0.5, 0.6) is 0 Å². The molecule has 0 fully saturated rings. The summed E-state index contributed by atoms with van der Waals surface area (Å²) in [4.78, 5) is 19.8. The minimum absolute atomic E-state index is 0.00296. The van der Waals surface area contributed by atoms with Gasteiger partial charge in [-0.15, -0.1) is 0 Å². The van der Waals surface area contributed by atoms with Crippen molar-refractivity contribution < 1.29 is 41.5 Å². The van der Waals surface area contributed by atoms with Gasteiger partial charge in [-0.3, -0.25) is 0 Å². The van der Waals surface area contributed by atoms with Gasteiger partial charge in [0.1, 0.15) is 0 Å². The van der Waals surface area contributed by atoms with Crippen molar-refractivity contribution in [1.29, 1.82) is 0 Å². The zero-order chi connectivity index (χ0) is 16.2. The van der Waals surface area contributed by atoms with Crippen molar-refractivity contribution in [3.8, 4) is 0 Å². The summed E-state index contributed by atoms with van der Waals surface area (Å²) in [5.74, 6) is -1.27. The molecular weight excluding hydrogens is 308 g/mol. The average Bonchev–Trinajstić information content (AvgIpc) is 2.42. The van der Waals surface area contributed by atoms with Gasteiger partial charge in [0.2, 0.25) is 0 Å². The third kappa shape index (κ3) is 43.2. The number of quaternary nitrogens is 2. The first-order chi connectivity index (χ1) is 9.45. The number of hydrogen-bond acceptors (Lipinski definition) is 8. The second-order valence-electron chi connectivity index (χ2n) is 3.04. The normalized spacial score (nSPS) is 8.80. The fraction of sp³-hybridized carbons (Fsp3) is 0.800. The molecule has 10 heteroatoms. The molecule has 0 heterocycles. The second-order valence-corrected chi connectivity index (χ2v) is 5.74. The molecule has 0 aromatic heterocycles. The predicted octanol–water partition coefficient (Wildman–Crippen LogP) is -4.91. The van der Waals surface area contributed by atoms with Crippen LogP contribution in [-0.4, -0.2) is 60.0 Å². The van der Waals surface area contributed by atoms with Gasteiger partial charge in [-0.2, -0.15) is 0 Å². The van der Waals surface area contributed by atoms with Gasteiger partial charge in [-0.1, -0.05) is 21.6 Å². The molecule has 0 spiro atoms. The topological polar surface area (TPSA) is 176 Å². The quantitative estimate of drug-likeness (QED) is 0.240. The molecule has 0 aliphatic carbocycles. The Hall–Kier alpha value is -0.520. The van der Waals surface area contributed by atoms with Gasteiger partial charge in [0.15, 0.2) is 0 Å². The molecule has 122 valence electrons. The van der Waals surface area contributed by atoms with E-state index in [1.165, 1.54) is 21.6 Å². The van der Waals surface area contributed by atoms with Crippen molar-refractivity contribution in [2.45, 2.75) is 12.8 Å². The molecule has 20 heavy (non-hydrogen) atoms. The molecule has 0 aliphatic heterocycles. The number of carboxylic acid groups (broad SMARTS) is 2. The van der Waals surface area contributed by atoms with Gasteiger partial charge >= 0.3 is 0 Å². The molecule has 8 N–H and O–H groups in total. The maximum atomic E-state index is 9.90. The SMILES string of the molecule is O=C([O-])CCSSCCC(=O)[O-].[NH3+]CCO.[NH3+]CCO. The number of carbonyl (C=O) groups is 2. The molecule has 0 saturated carbocycles. The third-order valence-electron chi connectivity index (χ3n) is 1.18. The number of rotatable bonds is 9. The van der Waals surface area contributed by atoms with Crippen LogP contribution >= 0.6 is 21.6 Å². The van der Waals surface area contributed by atoms with Crippen molar-refractivity contribution >= 4 is 33.5 Å². The van der Waals surface area contributed by atoms with Crippen molar-refractivity contribution in [1.82, 2.24) is 0 Å². The summed E-state index contributed by atoms with van der Waals surface area (Å²) in [6.07, 6.45) is 0.00593. The summed E-state index contributed by atoms with van der Waals surface area (Å²) in [5.41, 5.74) is 6.71. The molecule has 0 amide bonds. The van der Waals surface area contributed by atoms with E-state index >= 15 is 0 Å². The van der Waals surface area contributed by atoms with Crippen molar-refractivity contribution in [2.75, 3.05) is 37.8 Å². The van der Waals surface area contributed by atoms with E-state index in [0.29, 0.717) is 24.6 Å². The van der Waals surface area contributed by atoms with Crippen LogP contribution in [0.3, 0.4) is 0 Å². The highest BCUT2D eigenvalue weighted by Crippen LogP contribution is 2.22. The van der Waals surface area contributed by atoms with Crippen LogP contribution in [0.1, 0.15) is 12.8 Å². The van der Waals surface area contributed by atoms with E-state index in [-0.39, 0.29) is 26.1 Å². The molecule has 0 radical (unpaired) electrons. The largest absolute Gasteiger partial charge is 0.550 e. The molecule has 0 atom stereocenters. The third-order valence-corrected chi connectivity index (χ3v) is 3.59. The Morgan fingerprint density at radius 2 is 1.10 bits per heavy atom. The number of carbonyl (C=O) groups excluding carboxylic acids is 2. The second kappa shape index (κ2) is 23.6. The lowest BCUT2D eigenvalue weighted by Gasteiger charge is -2.02. The van der Waals surface area contributed by atoms with E-state index < -0.39 is 11.9 Å².